The van der Waals surface area contributed by atoms with Gasteiger partial charge in [-0.15, -0.1) is 0 Å². The van der Waals surface area contributed by atoms with Crippen LogP contribution in [0.1, 0.15) is 0 Å². The van der Waals surface area contributed by atoms with Crippen molar-refractivity contribution in [1.82, 2.24) is 0 Å². The minimum Gasteiger partial charge on any atom is -0.463 e. The summed E-state index contributed by atoms with van der Waals surface area (Å²) in [4.78, 5) is 0. The summed E-state index contributed by atoms with van der Waals surface area (Å²) >= 11 is 4.51. The number of halogens is 1. The molecule has 0 aromatic rings. The van der Waals surface area contributed by atoms with Crippen molar-refractivity contribution in [2.24, 2.45) is 0 Å². The molecule has 0 radical (unpaired) electrons. The maximum Gasteiger partial charge on any atom is 1.00 e. The molecule has 0 aromatic heterocycles. The molecule has 3 nitrogen and oxygen atoms in total. The Bertz CT molecular complexity index is 120. The van der Waals surface area contributed by atoms with Gasteiger partial charge >= 0.3 is 29.6 Å². The number of hydrogen-bond donors (Lipinski definition) is 0. The number of rotatable bonds is 1. The molecule has 38 valence electrons. The third-order valence-electron chi connectivity index (χ3n) is 0.125. The first-order valence-electron chi connectivity index (χ1n) is 1.09. The molecule has 0 aliphatic rings. The molecule has 0 aliphatic carbocycles. The Morgan fingerprint density at radius 3 is 1.71 bits per heavy atom. The summed E-state index contributed by atoms with van der Waals surface area (Å²) in [5, 5.41) is 0. The molecule has 0 amide bonds. The van der Waals surface area contributed by atoms with Crippen molar-refractivity contribution in [1.29, 1.82) is 0 Å². The summed E-state index contributed by atoms with van der Waals surface area (Å²) in [7, 11) is -3.27. The van der Waals surface area contributed by atoms with Crippen LogP contribution in [0.15, 0.2) is 0 Å². The fourth-order valence-electron chi connectivity index (χ4n) is 0. The molecule has 0 aliphatic heterocycles. The molecule has 0 atom stereocenters. The smallest absolute Gasteiger partial charge is 0.463 e. The molecular weight excluding hydrogens is 149 g/mol. The van der Waals surface area contributed by atoms with Gasteiger partial charge in [-0.2, -0.15) is 0 Å². The van der Waals surface area contributed by atoms with Crippen LogP contribution in [-0.4, -0.2) is 14.7 Å². The molecule has 0 N–H and O–H groups in total. The molecule has 0 spiro atoms. The van der Waals surface area contributed by atoms with Crippen molar-refractivity contribution in [2.75, 3.05) is 6.26 Å². The van der Waals surface area contributed by atoms with E-state index in [-0.39, 0.29) is 29.6 Å². The zero-order valence-electron chi connectivity index (χ0n) is 4.05. The molecule has 7 heavy (non-hydrogen) atoms. The number of nitrogens with zero attached hydrogens (tertiary/aromatic N) is 1. The van der Waals surface area contributed by atoms with Crippen molar-refractivity contribution in [3.8, 4) is 0 Å². The van der Waals surface area contributed by atoms with Crippen LogP contribution in [0.4, 0.5) is 0 Å². The molecular formula is CH3ClNNaO2S. The molecule has 0 fully saturated rings. The van der Waals surface area contributed by atoms with Crippen LogP contribution in [0.3, 0.4) is 0 Å². The molecule has 0 aromatic carbocycles. The summed E-state index contributed by atoms with van der Waals surface area (Å²) in [6.07, 6.45) is 0.917. The van der Waals surface area contributed by atoms with E-state index in [0.29, 0.717) is 0 Å². The van der Waals surface area contributed by atoms with Crippen LogP contribution < -0.4 is 29.6 Å². The Balaban J connectivity index is 0. The molecule has 0 unspecified atom stereocenters. The second kappa shape index (κ2) is 4.12. The van der Waals surface area contributed by atoms with Crippen LogP contribution in [0, 0.1) is 0 Å². The maximum atomic E-state index is 9.70. The minimum absolute atomic E-state index is 0. The Hall–Kier alpha value is 1.20. The zero-order valence-corrected chi connectivity index (χ0v) is 7.62. The Morgan fingerprint density at radius 1 is 1.57 bits per heavy atom. The molecule has 0 saturated carbocycles. The summed E-state index contributed by atoms with van der Waals surface area (Å²) in [6.45, 7) is 0. The van der Waals surface area contributed by atoms with Crippen LogP contribution >= 0.6 is 11.8 Å². The molecule has 0 heterocycles. The van der Waals surface area contributed by atoms with E-state index < -0.39 is 10.0 Å². The van der Waals surface area contributed by atoms with E-state index >= 15 is 0 Å². The first-order valence-corrected chi connectivity index (χ1v) is 3.28. The first kappa shape index (κ1) is 11.1. The van der Waals surface area contributed by atoms with E-state index in [1.165, 1.54) is 0 Å². The number of sulfonamides is 1. The minimum atomic E-state index is -3.27. The van der Waals surface area contributed by atoms with Crippen molar-refractivity contribution < 1.29 is 38.0 Å². The third kappa shape index (κ3) is 11.0. The predicted octanol–water partition coefficient (Wildman–Crippen LogP) is -2.52. The van der Waals surface area contributed by atoms with E-state index in [0.717, 1.165) is 6.26 Å². The van der Waals surface area contributed by atoms with Gasteiger partial charge in [0.25, 0.3) is 0 Å². The van der Waals surface area contributed by atoms with Crippen molar-refractivity contribution >= 4 is 21.8 Å². The monoisotopic (exact) mass is 151 g/mol. The summed E-state index contributed by atoms with van der Waals surface area (Å²) < 4.78 is 21.9. The van der Waals surface area contributed by atoms with Gasteiger partial charge in [0.05, 0.1) is 10.0 Å². The SMILES string of the molecule is CS(=O)(=O)[N-]Cl.[Na+]. The second-order valence-electron chi connectivity index (χ2n) is 0.802. The fraction of sp³-hybridized carbons (Fsp3) is 1.00. The molecule has 0 saturated heterocycles. The quantitative estimate of drug-likeness (QED) is 0.389. The van der Waals surface area contributed by atoms with Gasteiger partial charge in [-0.3, -0.25) is 11.8 Å². The molecule has 0 bridgehead atoms. The van der Waals surface area contributed by atoms with Gasteiger partial charge in [-0.1, -0.05) is 0 Å². The van der Waals surface area contributed by atoms with Gasteiger partial charge in [-0.05, 0) is 0 Å². The van der Waals surface area contributed by atoms with E-state index in [4.69, 9.17) is 0 Å². The first-order chi connectivity index (χ1) is 2.56. The van der Waals surface area contributed by atoms with Gasteiger partial charge in [0.1, 0.15) is 0 Å². The Labute approximate surface area is 69.9 Å². The van der Waals surface area contributed by atoms with Crippen LogP contribution in [0.25, 0.3) is 4.24 Å². The van der Waals surface area contributed by atoms with Gasteiger partial charge in [0.15, 0.2) is 0 Å². The topological polar surface area (TPSA) is 48.2 Å². The van der Waals surface area contributed by atoms with E-state index in [1.807, 2.05) is 0 Å². The van der Waals surface area contributed by atoms with Gasteiger partial charge < -0.3 is 4.24 Å². The standard InChI is InChI=1S/CH3ClNO2S.Na/c1-6(4,5)3-2;/h1H3;/q-1;+1. The maximum absolute atomic E-state index is 9.70. The Morgan fingerprint density at radius 2 is 1.71 bits per heavy atom. The van der Waals surface area contributed by atoms with Gasteiger partial charge in [-0.25, -0.2) is 8.42 Å². The average Bonchev–Trinajstić information content (AvgIpc) is 1.35. The van der Waals surface area contributed by atoms with Crippen molar-refractivity contribution in [3.63, 3.8) is 0 Å². The molecule has 0 rings (SSSR count). The fourth-order valence-corrected chi connectivity index (χ4v) is 0. The van der Waals surface area contributed by atoms with Gasteiger partial charge in [0.2, 0.25) is 0 Å². The largest absolute Gasteiger partial charge is 1.00 e. The zero-order chi connectivity index (χ0) is 5.21. The summed E-state index contributed by atoms with van der Waals surface area (Å²) in [5.74, 6) is 0. The summed E-state index contributed by atoms with van der Waals surface area (Å²) in [5.41, 5.74) is 0. The van der Waals surface area contributed by atoms with Crippen LogP contribution in [0.5, 0.6) is 0 Å². The number of hydrogen-bond acceptors (Lipinski definition) is 2. The third-order valence-corrected chi connectivity index (χ3v) is 1.13. The van der Waals surface area contributed by atoms with Crippen LogP contribution in [0.2, 0.25) is 0 Å². The predicted molar refractivity (Wildman–Crippen MR) is 24.1 cm³/mol. The van der Waals surface area contributed by atoms with E-state index in [2.05, 4.69) is 16.0 Å². The summed E-state index contributed by atoms with van der Waals surface area (Å²) in [6, 6.07) is 0. The van der Waals surface area contributed by atoms with Crippen molar-refractivity contribution in [3.05, 3.63) is 4.24 Å². The van der Waals surface area contributed by atoms with Crippen LogP contribution in [-0.2, 0) is 10.0 Å². The van der Waals surface area contributed by atoms with E-state index in [1.54, 1.807) is 0 Å². The average molecular weight is 152 g/mol. The van der Waals surface area contributed by atoms with Gasteiger partial charge in [0, 0.05) is 6.26 Å². The molecule has 6 heteroatoms. The Kier molecular flexibility index (Phi) is 6.50. The normalized spacial score (nSPS) is 10.0. The van der Waals surface area contributed by atoms with E-state index in [9.17, 15) is 8.42 Å². The van der Waals surface area contributed by atoms with Crippen molar-refractivity contribution in [2.45, 2.75) is 0 Å². The second-order valence-corrected chi connectivity index (χ2v) is 2.82.